The molecule has 2 N–H and O–H groups in total. The number of nitrogens with zero attached hydrogens (tertiary/aromatic N) is 1. The van der Waals surface area contributed by atoms with Gasteiger partial charge in [0.15, 0.2) is 5.96 Å². The fourth-order valence-electron chi connectivity index (χ4n) is 2.18. The average molecular weight is 469 g/mol. The van der Waals surface area contributed by atoms with E-state index in [1.165, 1.54) is 18.9 Å². The van der Waals surface area contributed by atoms with Gasteiger partial charge in [-0.25, -0.2) is 0 Å². The molecule has 0 unspecified atom stereocenters. The monoisotopic (exact) mass is 469 g/mol. The molecular formula is C17H26F2IN3O2. The van der Waals surface area contributed by atoms with Crippen LogP contribution in [0, 0.1) is 5.92 Å². The van der Waals surface area contributed by atoms with Crippen molar-refractivity contribution in [2.75, 3.05) is 26.8 Å². The predicted octanol–water partition coefficient (Wildman–Crippen LogP) is 3.39. The molecule has 8 heteroatoms. The van der Waals surface area contributed by atoms with Gasteiger partial charge in [-0.15, -0.1) is 24.0 Å². The quantitative estimate of drug-likeness (QED) is 0.239. The molecule has 1 aliphatic carbocycles. The molecule has 0 radical (unpaired) electrons. The fourth-order valence-corrected chi connectivity index (χ4v) is 2.18. The molecule has 1 aromatic rings. The lowest BCUT2D eigenvalue weighted by Crippen LogP contribution is -2.37. The summed E-state index contributed by atoms with van der Waals surface area (Å²) in [5.41, 5.74) is 0.647. The van der Waals surface area contributed by atoms with Gasteiger partial charge in [0.2, 0.25) is 0 Å². The van der Waals surface area contributed by atoms with Gasteiger partial charge < -0.3 is 20.1 Å². The van der Waals surface area contributed by atoms with Crippen molar-refractivity contribution in [3.05, 3.63) is 29.8 Å². The van der Waals surface area contributed by atoms with Crippen LogP contribution < -0.4 is 15.4 Å². The number of hydrogen-bond donors (Lipinski definition) is 2. The molecule has 2 rings (SSSR count). The molecule has 1 saturated carbocycles. The normalized spacial score (nSPS) is 14.2. The zero-order valence-electron chi connectivity index (χ0n) is 14.3. The molecule has 5 nitrogen and oxygen atoms in total. The SMILES string of the molecule is CN=C(NCCCOCC1CC1)NCc1ccccc1OC(F)F.I. The average Bonchev–Trinajstić information content (AvgIpc) is 3.38. The fraction of sp³-hybridized carbons (Fsp3) is 0.588. The van der Waals surface area contributed by atoms with Crippen LogP contribution in [0.25, 0.3) is 0 Å². The Morgan fingerprint density at radius 1 is 1.28 bits per heavy atom. The Morgan fingerprint density at radius 3 is 2.72 bits per heavy atom. The van der Waals surface area contributed by atoms with E-state index in [0.29, 0.717) is 18.1 Å². The highest BCUT2D eigenvalue weighted by Gasteiger charge is 2.20. The Hall–Kier alpha value is -1.16. The lowest BCUT2D eigenvalue weighted by Gasteiger charge is -2.14. The Labute approximate surface area is 164 Å². The van der Waals surface area contributed by atoms with E-state index in [4.69, 9.17) is 4.74 Å². The Balaban J connectivity index is 0.00000312. The molecule has 1 fully saturated rings. The van der Waals surface area contributed by atoms with Crippen molar-refractivity contribution in [2.24, 2.45) is 10.9 Å². The molecular weight excluding hydrogens is 443 g/mol. The second kappa shape index (κ2) is 12.2. The second-order valence-corrected chi connectivity index (χ2v) is 5.71. The van der Waals surface area contributed by atoms with Gasteiger partial charge in [0, 0.05) is 38.9 Å². The minimum absolute atomic E-state index is 0. The van der Waals surface area contributed by atoms with Gasteiger partial charge in [0.1, 0.15) is 5.75 Å². The third-order valence-corrected chi connectivity index (χ3v) is 3.67. The largest absolute Gasteiger partial charge is 0.434 e. The van der Waals surface area contributed by atoms with Crippen molar-refractivity contribution in [3.8, 4) is 5.75 Å². The summed E-state index contributed by atoms with van der Waals surface area (Å²) in [4.78, 5) is 4.11. The van der Waals surface area contributed by atoms with Crippen LogP contribution in [0.3, 0.4) is 0 Å². The number of halogens is 3. The molecule has 25 heavy (non-hydrogen) atoms. The number of ether oxygens (including phenoxy) is 2. The minimum atomic E-state index is -2.83. The van der Waals surface area contributed by atoms with Crippen molar-refractivity contribution in [3.63, 3.8) is 0 Å². The van der Waals surface area contributed by atoms with Crippen LogP contribution in [0.5, 0.6) is 5.75 Å². The first-order chi connectivity index (χ1) is 11.7. The van der Waals surface area contributed by atoms with Gasteiger partial charge in [-0.1, -0.05) is 18.2 Å². The van der Waals surface area contributed by atoms with Gasteiger partial charge in [-0.2, -0.15) is 8.78 Å². The summed E-state index contributed by atoms with van der Waals surface area (Å²) in [6.07, 6.45) is 3.48. The summed E-state index contributed by atoms with van der Waals surface area (Å²) in [7, 11) is 1.67. The van der Waals surface area contributed by atoms with Gasteiger partial charge in [0.05, 0.1) is 0 Å². The number of alkyl halides is 2. The maximum absolute atomic E-state index is 12.4. The van der Waals surface area contributed by atoms with Crippen LogP contribution in [-0.4, -0.2) is 39.4 Å². The minimum Gasteiger partial charge on any atom is -0.434 e. The Morgan fingerprint density at radius 2 is 2.04 bits per heavy atom. The molecule has 0 saturated heterocycles. The zero-order chi connectivity index (χ0) is 17.2. The first-order valence-electron chi connectivity index (χ1n) is 8.24. The molecule has 1 aliphatic rings. The van der Waals surface area contributed by atoms with Gasteiger partial charge in [-0.3, -0.25) is 4.99 Å². The molecule has 1 aromatic carbocycles. The highest BCUT2D eigenvalue weighted by molar-refractivity contribution is 14.0. The standard InChI is InChI=1S/C17H25F2N3O2.HI/c1-20-17(21-9-4-10-23-12-13-7-8-13)22-11-14-5-2-3-6-15(14)24-16(18)19;/h2-3,5-6,13,16H,4,7-12H2,1H3,(H2,20,21,22);1H. The van der Waals surface area contributed by atoms with Gasteiger partial charge >= 0.3 is 6.61 Å². The topological polar surface area (TPSA) is 54.9 Å². The molecule has 0 heterocycles. The summed E-state index contributed by atoms with van der Waals surface area (Å²) >= 11 is 0. The number of nitrogens with one attached hydrogen (secondary N) is 2. The van der Waals surface area contributed by atoms with Crippen LogP contribution in [0.4, 0.5) is 8.78 Å². The van der Waals surface area contributed by atoms with Gasteiger partial charge in [-0.05, 0) is 31.2 Å². The number of guanidine groups is 1. The summed E-state index contributed by atoms with van der Waals surface area (Å²) in [6.45, 7) is -0.154. The second-order valence-electron chi connectivity index (χ2n) is 5.71. The molecule has 0 bridgehead atoms. The van der Waals surface area contributed by atoms with Crippen molar-refractivity contribution in [1.82, 2.24) is 10.6 Å². The maximum atomic E-state index is 12.4. The number of para-hydroxylation sites is 1. The number of hydrogen-bond acceptors (Lipinski definition) is 3. The van der Waals surface area contributed by atoms with Crippen molar-refractivity contribution >= 4 is 29.9 Å². The van der Waals surface area contributed by atoms with Crippen molar-refractivity contribution in [1.29, 1.82) is 0 Å². The first kappa shape index (κ1) is 21.9. The zero-order valence-corrected chi connectivity index (χ0v) is 16.7. The van der Waals surface area contributed by atoms with Crippen LogP contribution in [-0.2, 0) is 11.3 Å². The van der Waals surface area contributed by atoms with E-state index < -0.39 is 6.61 Å². The summed E-state index contributed by atoms with van der Waals surface area (Å²) in [5.74, 6) is 1.57. The maximum Gasteiger partial charge on any atom is 0.387 e. The third kappa shape index (κ3) is 9.20. The molecule has 0 aromatic heterocycles. The molecule has 0 spiro atoms. The molecule has 0 amide bonds. The number of benzene rings is 1. The lowest BCUT2D eigenvalue weighted by molar-refractivity contribution is -0.0504. The van der Waals surface area contributed by atoms with E-state index in [1.54, 1.807) is 25.2 Å². The van der Waals surface area contributed by atoms with E-state index in [0.717, 1.165) is 32.1 Å². The van der Waals surface area contributed by atoms with E-state index >= 15 is 0 Å². The van der Waals surface area contributed by atoms with E-state index in [-0.39, 0.29) is 29.7 Å². The van der Waals surface area contributed by atoms with Crippen molar-refractivity contribution < 1.29 is 18.3 Å². The van der Waals surface area contributed by atoms with Crippen molar-refractivity contribution in [2.45, 2.75) is 32.4 Å². The highest BCUT2D eigenvalue weighted by atomic mass is 127. The summed E-state index contributed by atoms with van der Waals surface area (Å²) < 4.78 is 34.9. The predicted molar refractivity (Wildman–Crippen MR) is 105 cm³/mol. The first-order valence-corrected chi connectivity index (χ1v) is 8.24. The van der Waals surface area contributed by atoms with Crippen LogP contribution >= 0.6 is 24.0 Å². The summed E-state index contributed by atoms with van der Waals surface area (Å²) in [5, 5.41) is 6.27. The van der Waals surface area contributed by atoms with E-state index in [1.807, 2.05) is 0 Å². The number of rotatable bonds is 10. The summed E-state index contributed by atoms with van der Waals surface area (Å²) in [6, 6.07) is 6.71. The molecule has 142 valence electrons. The molecule has 0 atom stereocenters. The molecule has 0 aliphatic heterocycles. The Bertz CT molecular complexity index is 528. The highest BCUT2D eigenvalue weighted by Crippen LogP contribution is 2.28. The smallest absolute Gasteiger partial charge is 0.387 e. The van der Waals surface area contributed by atoms with E-state index in [9.17, 15) is 8.78 Å². The third-order valence-electron chi connectivity index (χ3n) is 3.67. The Kier molecular flexibility index (Phi) is 10.7. The van der Waals surface area contributed by atoms with E-state index in [2.05, 4.69) is 20.4 Å². The van der Waals surface area contributed by atoms with Gasteiger partial charge in [0.25, 0.3) is 0 Å². The lowest BCUT2D eigenvalue weighted by atomic mass is 10.2. The number of aliphatic imine (C=N–C) groups is 1. The van der Waals surface area contributed by atoms with Crippen LogP contribution in [0.1, 0.15) is 24.8 Å². The van der Waals surface area contributed by atoms with Crippen LogP contribution in [0.15, 0.2) is 29.3 Å². The van der Waals surface area contributed by atoms with Crippen LogP contribution in [0.2, 0.25) is 0 Å².